The predicted octanol–water partition coefficient (Wildman–Crippen LogP) is 2.13. The Bertz CT molecular complexity index is 332. The van der Waals surface area contributed by atoms with E-state index in [1.54, 1.807) is 14.2 Å². The maximum atomic E-state index is 5.41. The van der Waals surface area contributed by atoms with E-state index in [1.807, 2.05) is 12.1 Å². The van der Waals surface area contributed by atoms with Gasteiger partial charge in [0.05, 0.1) is 14.2 Å². The fraction of sp³-hybridized carbons (Fsp3) is 0.500. The van der Waals surface area contributed by atoms with E-state index in [2.05, 4.69) is 11.4 Å². The van der Waals surface area contributed by atoms with E-state index in [1.165, 1.54) is 18.4 Å². The summed E-state index contributed by atoms with van der Waals surface area (Å²) in [7, 11) is 3.36. The predicted molar refractivity (Wildman–Crippen MR) is 59.5 cm³/mol. The van der Waals surface area contributed by atoms with E-state index in [0.29, 0.717) is 6.04 Å². The van der Waals surface area contributed by atoms with Gasteiger partial charge in [-0.1, -0.05) is 12.1 Å². The van der Waals surface area contributed by atoms with Crippen LogP contribution in [0.3, 0.4) is 0 Å². The second-order valence-electron chi connectivity index (χ2n) is 3.73. The Labute approximate surface area is 90.4 Å². The fourth-order valence-electron chi connectivity index (χ4n) is 2.14. The molecule has 0 radical (unpaired) electrons. The Morgan fingerprint density at radius 1 is 1.27 bits per heavy atom. The number of rotatable bonds is 3. The van der Waals surface area contributed by atoms with Crippen molar-refractivity contribution in [1.29, 1.82) is 0 Å². The number of benzene rings is 1. The van der Waals surface area contributed by atoms with Crippen molar-refractivity contribution >= 4 is 0 Å². The number of hydrogen-bond donors (Lipinski definition) is 1. The molecule has 82 valence electrons. The average molecular weight is 207 g/mol. The molecule has 1 heterocycles. The van der Waals surface area contributed by atoms with Crippen LogP contribution in [-0.4, -0.2) is 20.8 Å². The van der Waals surface area contributed by atoms with Crippen LogP contribution in [0.25, 0.3) is 0 Å². The molecule has 1 N–H and O–H groups in total. The van der Waals surface area contributed by atoms with Crippen molar-refractivity contribution in [1.82, 2.24) is 5.32 Å². The first kappa shape index (κ1) is 10.3. The van der Waals surface area contributed by atoms with Gasteiger partial charge in [-0.15, -0.1) is 0 Å². The molecule has 3 nitrogen and oxygen atoms in total. The van der Waals surface area contributed by atoms with Gasteiger partial charge in [-0.2, -0.15) is 0 Å². The highest BCUT2D eigenvalue weighted by molar-refractivity contribution is 5.48. The van der Waals surface area contributed by atoms with Gasteiger partial charge in [0, 0.05) is 11.6 Å². The van der Waals surface area contributed by atoms with E-state index in [4.69, 9.17) is 9.47 Å². The van der Waals surface area contributed by atoms with Crippen molar-refractivity contribution in [3.8, 4) is 11.5 Å². The number of nitrogens with one attached hydrogen (secondary N) is 1. The van der Waals surface area contributed by atoms with Crippen LogP contribution in [0.5, 0.6) is 11.5 Å². The molecule has 0 amide bonds. The van der Waals surface area contributed by atoms with Crippen LogP contribution in [-0.2, 0) is 0 Å². The Morgan fingerprint density at radius 2 is 2.13 bits per heavy atom. The van der Waals surface area contributed by atoms with Crippen molar-refractivity contribution in [2.24, 2.45) is 0 Å². The van der Waals surface area contributed by atoms with E-state index in [-0.39, 0.29) is 0 Å². The lowest BCUT2D eigenvalue weighted by molar-refractivity contribution is 0.348. The second kappa shape index (κ2) is 4.53. The van der Waals surface area contributed by atoms with Gasteiger partial charge in [-0.05, 0) is 25.5 Å². The van der Waals surface area contributed by atoms with Gasteiger partial charge < -0.3 is 14.8 Å². The van der Waals surface area contributed by atoms with Gasteiger partial charge in [-0.3, -0.25) is 0 Å². The molecule has 2 rings (SSSR count). The summed E-state index contributed by atoms with van der Waals surface area (Å²) in [6.07, 6.45) is 2.40. The topological polar surface area (TPSA) is 30.5 Å². The van der Waals surface area contributed by atoms with Crippen LogP contribution < -0.4 is 14.8 Å². The number of ether oxygens (including phenoxy) is 2. The maximum absolute atomic E-state index is 5.41. The van der Waals surface area contributed by atoms with Crippen molar-refractivity contribution in [2.45, 2.75) is 18.9 Å². The second-order valence-corrected chi connectivity index (χ2v) is 3.73. The highest BCUT2D eigenvalue weighted by atomic mass is 16.5. The molecule has 1 saturated heterocycles. The minimum absolute atomic E-state index is 0.412. The number of para-hydroxylation sites is 1. The summed E-state index contributed by atoms with van der Waals surface area (Å²) in [5.74, 6) is 1.67. The molecule has 0 aromatic heterocycles. The van der Waals surface area contributed by atoms with Crippen molar-refractivity contribution in [3.05, 3.63) is 23.8 Å². The summed E-state index contributed by atoms with van der Waals surface area (Å²) in [5, 5.41) is 3.46. The third kappa shape index (κ3) is 1.92. The van der Waals surface area contributed by atoms with E-state index < -0.39 is 0 Å². The Hall–Kier alpha value is -1.22. The summed E-state index contributed by atoms with van der Waals surface area (Å²) in [6, 6.07) is 6.45. The minimum Gasteiger partial charge on any atom is -0.493 e. The Morgan fingerprint density at radius 3 is 2.73 bits per heavy atom. The third-order valence-corrected chi connectivity index (χ3v) is 2.87. The highest BCUT2D eigenvalue weighted by Gasteiger charge is 2.21. The van der Waals surface area contributed by atoms with Crippen LogP contribution in [0.1, 0.15) is 24.4 Å². The molecule has 0 saturated carbocycles. The lowest BCUT2D eigenvalue weighted by atomic mass is 10.0. The molecule has 1 aliphatic rings. The molecule has 3 heteroatoms. The summed E-state index contributed by atoms with van der Waals surface area (Å²) >= 11 is 0. The van der Waals surface area contributed by atoms with Crippen LogP contribution in [0.4, 0.5) is 0 Å². The Kier molecular flexibility index (Phi) is 3.11. The summed E-state index contributed by atoms with van der Waals surface area (Å²) in [6.45, 7) is 1.09. The first-order chi connectivity index (χ1) is 7.36. The van der Waals surface area contributed by atoms with E-state index in [0.717, 1.165) is 18.0 Å². The molecular formula is C12H17NO2. The zero-order chi connectivity index (χ0) is 10.7. The van der Waals surface area contributed by atoms with Gasteiger partial charge in [0.25, 0.3) is 0 Å². The zero-order valence-electron chi connectivity index (χ0n) is 9.25. The van der Waals surface area contributed by atoms with Crippen LogP contribution in [0.2, 0.25) is 0 Å². The van der Waals surface area contributed by atoms with Crippen molar-refractivity contribution in [2.75, 3.05) is 20.8 Å². The first-order valence-corrected chi connectivity index (χ1v) is 5.31. The third-order valence-electron chi connectivity index (χ3n) is 2.87. The fourth-order valence-corrected chi connectivity index (χ4v) is 2.14. The quantitative estimate of drug-likeness (QED) is 0.823. The van der Waals surface area contributed by atoms with Crippen molar-refractivity contribution < 1.29 is 9.47 Å². The minimum atomic E-state index is 0.412. The lowest BCUT2D eigenvalue weighted by Crippen LogP contribution is -2.14. The number of methoxy groups -OCH3 is 2. The van der Waals surface area contributed by atoms with E-state index >= 15 is 0 Å². The first-order valence-electron chi connectivity index (χ1n) is 5.31. The van der Waals surface area contributed by atoms with Crippen molar-refractivity contribution in [3.63, 3.8) is 0 Å². The zero-order valence-corrected chi connectivity index (χ0v) is 9.25. The standard InChI is InChI=1S/C12H17NO2/c1-14-11-7-3-5-9(12(11)15-2)10-6-4-8-13-10/h3,5,7,10,13H,4,6,8H2,1-2H3/t10-/m1/s1. The SMILES string of the molecule is COc1cccc([C@H]2CCCN2)c1OC. The molecule has 0 spiro atoms. The largest absolute Gasteiger partial charge is 0.493 e. The summed E-state index contributed by atoms with van der Waals surface area (Å²) in [5.41, 5.74) is 1.20. The highest BCUT2D eigenvalue weighted by Crippen LogP contribution is 2.37. The molecule has 1 atom stereocenters. The molecule has 0 unspecified atom stereocenters. The molecule has 15 heavy (non-hydrogen) atoms. The lowest BCUT2D eigenvalue weighted by Gasteiger charge is -2.17. The molecule has 1 aromatic rings. The molecule has 1 fully saturated rings. The monoisotopic (exact) mass is 207 g/mol. The normalized spacial score (nSPS) is 20.3. The van der Waals surface area contributed by atoms with Gasteiger partial charge >= 0.3 is 0 Å². The molecular weight excluding hydrogens is 190 g/mol. The Balaban J connectivity index is 2.36. The molecule has 0 bridgehead atoms. The van der Waals surface area contributed by atoms with Gasteiger partial charge in [0.15, 0.2) is 11.5 Å². The smallest absolute Gasteiger partial charge is 0.165 e. The summed E-state index contributed by atoms with van der Waals surface area (Å²) < 4.78 is 10.7. The van der Waals surface area contributed by atoms with E-state index in [9.17, 15) is 0 Å². The summed E-state index contributed by atoms with van der Waals surface area (Å²) in [4.78, 5) is 0. The average Bonchev–Trinajstić information content (AvgIpc) is 2.81. The van der Waals surface area contributed by atoms with Gasteiger partial charge in [0.1, 0.15) is 0 Å². The molecule has 1 aromatic carbocycles. The van der Waals surface area contributed by atoms with Gasteiger partial charge in [-0.25, -0.2) is 0 Å². The van der Waals surface area contributed by atoms with Crippen LogP contribution in [0, 0.1) is 0 Å². The molecule has 1 aliphatic heterocycles. The van der Waals surface area contributed by atoms with Gasteiger partial charge in [0.2, 0.25) is 0 Å². The molecule has 0 aliphatic carbocycles. The number of hydrogen-bond acceptors (Lipinski definition) is 3. The van der Waals surface area contributed by atoms with Crippen LogP contribution in [0.15, 0.2) is 18.2 Å². The van der Waals surface area contributed by atoms with Crippen LogP contribution >= 0.6 is 0 Å². The maximum Gasteiger partial charge on any atom is 0.165 e.